The minimum absolute atomic E-state index is 0.0653. The summed E-state index contributed by atoms with van der Waals surface area (Å²) in [6.45, 7) is 0.0653. The van der Waals surface area contributed by atoms with Gasteiger partial charge in [0.2, 0.25) is 6.41 Å². The Labute approximate surface area is 216 Å². The second-order valence-electron chi connectivity index (χ2n) is 8.17. The van der Waals surface area contributed by atoms with Gasteiger partial charge in [0, 0.05) is 28.0 Å². The molecule has 0 spiro atoms. The first-order valence-corrected chi connectivity index (χ1v) is 13.3. The van der Waals surface area contributed by atoms with Crippen molar-refractivity contribution < 1.29 is 23.9 Å². The normalized spacial score (nSPS) is 18.9. The molecular formula is C26H23N3O5S2. The number of benzene rings is 2. The highest BCUT2D eigenvalue weighted by Gasteiger charge is 2.53. The Bertz CT molecular complexity index is 1340. The molecule has 36 heavy (non-hydrogen) atoms. The fourth-order valence-electron chi connectivity index (χ4n) is 4.17. The maximum Gasteiger partial charge on any atom is 0.355 e. The van der Waals surface area contributed by atoms with Gasteiger partial charge in [-0.2, -0.15) is 0 Å². The van der Waals surface area contributed by atoms with Gasteiger partial charge in [-0.1, -0.05) is 30.3 Å². The van der Waals surface area contributed by atoms with Crippen LogP contribution in [-0.2, 0) is 25.7 Å². The first-order chi connectivity index (χ1) is 17.6. The van der Waals surface area contributed by atoms with Crippen molar-refractivity contribution in [1.82, 2.24) is 15.2 Å². The zero-order chi connectivity index (χ0) is 25.1. The number of aromatic nitrogens is 1. The molecule has 3 heterocycles. The van der Waals surface area contributed by atoms with Crippen LogP contribution in [0.3, 0.4) is 0 Å². The van der Waals surface area contributed by atoms with Gasteiger partial charge >= 0.3 is 5.97 Å². The van der Waals surface area contributed by atoms with Crippen LogP contribution in [0.15, 0.2) is 77.0 Å². The average molecular weight is 522 g/mol. The lowest BCUT2D eigenvalue weighted by atomic mass is 10.0. The molecule has 5 rings (SSSR count). The van der Waals surface area contributed by atoms with E-state index in [0.717, 1.165) is 26.9 Å². The Morgan fingerprint density at radius 3 is 2.81 bits per heavy atom. The van der Waals surface area contributed by atoms with Gasteiger partial charge in [-0.15, -0.1) is 23.5 Å². The first kappa shape index (κ1) is 24.2. The van der Waals surface area contributed by atoms with Gasteiger partial charge in [-0.25, -0.2) is 4.79 Å². The number of nitrogens with one attached hydrogen (secondary N) is 1. The Morgan fingerprint density at radius 2 is 2.03 bits per heavy atom. The number of para-hydroxylation sites is 1. The number of carbonyl (C=O) groups is 3. The Hall–Kier alpha value is -3.50. The van der Waals surface area contributed by atoms with Crippen molar-refractivity contribution in [2.75, 3.05) is 18.6 Å². The van der Waals surface area contributed by atoms with Crippen LogP contribution in [0.1, 0.15) is 5.56 Å². The van der Waals surface area contributed by atoms with E-state index >= 15 is 0 Å². The van der Waals surface area contributed by atoms with Crippen molar-refractivity contribution in [3.8, 4) is 5.75 Å². The zero-order valence-corrected chi connectivity index (χ0v) is 21.0. The summed E-state index contributed by atoms with van der Waals surface area (Å²) in [4.78, 5) is 44.1. The van der Waals surface area contributed by atoms with E-state index in [-0.39, 0.29) is 23.6 Å². The number of ether oxygens (including phenoxy) is 2. The maximum atomic E-state index is 13.3. The third-order valence-electron chi connectivity index (χ3n) is 6.01. The highest BCUT2D eigenvalue weighted by Crippen LogP contribution is 2.42. The number of pyridine rings is 1. The van der Waals surface area contributed by atoms with E-state index in [1.165, 1.54) is 16.7 Å². The fraction of sp³-hybridized carbons (Fsp3) is 0.231. The van der Waals surface area contributed by atoms with Crippen LogP contribution in [-0.4, -0.2) is 58.2 Å². The third-order valence-corrected chi connectivity index (χ3v) is 8.49. The molecule has 0 aliphatic carbocycles. The molecule has 1 fully saturated rings. The number of methoxy groups -OCH3 is 1. The second-order valence-corrected chi connectivity index (χ2v) is 10.3. The van der Waals surface area contributed by atoms with Gasteiger partial charge in [0.25, 0.3) is 5.91 Å². The number of thioether (sulfide) groups is 2. The number of hydrogen-bond acceptors (Lipinski definition) is 8. The number of nitrogens with zero attached hydrogens (tertiary/aromatic N) is 2. The van der Waals surface area contributed by atoms with Crippen molar-refractivity contribution >= 4 is 52.7 Å². The van der Waals surface area contributed by atoms with E-state index < -0.39 is 12.0 Å². The smallest absolute Gasteiger partial charge is 0.355 e. The number of amides is 2. The molecule has 1 aromatic heterocycles. The van der Waals surface area contributed by atoms with E-state index in [9.17, 15) is 14.4 Å². The number of esters is 1. The molecule has 0 saturated carbocycles. The molecule has 8 nitrogen and oxygen atoms in total. The first-order valence-electron chi connectivity index (χ1n) is 11.2. The Balaban J connectivity index is 1.39. The zero-order valence-electron chi connectivity index (χ0n) is 19.4. The number of hydrogen-bond donors (Lipinski definition) is 1. The molecule has 2 aromatic carbocycles. The van der Waals surface area contributed by atoms with Crippen LogP contribution in [0.4, 0.5) is 0 Å². The molecule has 0 bridgehead atoms. The lowest BCUT2D eigenvalue weighted by Gasteiger charge is -2.49. The summed E-state index contributed by atoms with van der Waals surface area (Å²) < 4.78 is 10.8. The number of fused-ring (bicyclic) bond motifs is 2. The van der Waals surface area contributed by atoms with Crippen LogP contribution >= 0.6 is 23.5 Å². The molecule has 3 aromatic rings. The predicted octanol–water partition coefficient (Wildman–Crippen LogP) is 3.36. The van der Waals surface area contributed by atoms with Gasteiger partial charge in [0.05, 0.1) is 12.6 Å². The van der Waals surface area contributed by atoms with Crippen molar-refractivity contribution in [2.24, 2.45) is 0 Å². The van der Waals surface area contributed by atoms with Crippen LogP contribution in [0, 0.1) is 0 Å². The van der Waals surface area contributed by atoms with Crippen molar-refractivity contribution in [1.29, 1.82) is 0 Å². The summed E-state index contributed by atoms with van der Waals surface area (Å²) in [7, 11) is 1.59. The highest BCUT2D eigenvalue weighted by molar-refractivity contribution is 8.01. The minimum atomic E-state index is -0.645. The summed E-state index contributed by atoms with van der Waals surface area (Å²) in [5.41, 5.74) is 2.78. The molecule has 184 valence electrons. The van der Waals surface area contributed by atoms with Gasteiger partial charge in [0.1, 0.15) is 29.5 Å². The molecule has 1 saturated heterocycles. The van der Waals surface area contributed by atoms with E-state index in [1.54, 1.807) is 37.2 Å². The summed E-state index contributed by atoms with van der Waals surface area (Å²) in [6, 6.07) is 16.5. The lowest BCUT2D eigenvalue weighted by molar-refractivity contribution is -0.152. The number of carbonyl (C=O) groups excluding carboxylic acids is 3. The number of rotatable bonds is 9. The fourth-order valence-corrected chi connectivity index (χ4v) is 6.71. The van der Waals surface area contributed by atoms with E-state index in [0.29, 0.717) is 23.7 Å². The Morgan fingerprint density at radius 1 is 1.22 bits per heavy atom. The molecule has 2 aliphatic rings. The molecular weight excluding hydrogens is 498 g/mol. The van der Waals surface area contributed by atoms with Crippen LogP contribution in [0.2, 0.25) is 0 Å². The van der Waals surface area contributed by atoms with Crippen LogP contribution < -0.4 is 10.1 Å². The largest absolute Gasteiger partial charge is 0.497 e. The van der Waals surface area contributed by atoms with Crippen LogP contribution in [0.5, 0.6) is 5.75 Å². The standard InChI is InChI=1S/C26H23N3O5S2/c1-33-19-9-7-16(8-10-19)12-34-26(32)23-18(14-36-25-22(28-15-30)24(31)29(23)25)13-35-20-6-2-4-17-5-3-11-27-21(17)20/h2-11,15,22,25H,12-14H2,1H3,(H,28,30). The van der Waals surface area contributed by atoms with Gasteiger partial charge in [0.15, 0.2) is 0 Å². The quantitative estimate of drug-likeness (QED) is 0.198. The molecule has 2 amide bonds. The molecule has 2 atom stereocenters. The van der Waals surface area contributed by atoms with E-state index in [2.05, 4.69) is 10.3 Å². The van der Waals surface area contributed by atoms with E-state index in [4.69, 9.17) is 9.47 Å². The lowest BCUT2D eigenvalue weighted by Crippen LogP contribution is -2.69. The summed E-state index contributed by atoms with van der Waals surface area (Å²) in [6.07, 6.45) is 2.28. The molecule has 1 N–H and O–H groups in total. The topological polar surface area (TPSA) is 97.8 Å². The molecule has 2 aliphatic heterocycles. The third kappa shape index (κ3) is 4.66. The SMILES string of the molecule is COc1ccc(COC(=O)C2=C(CSc3cccc4cccnc34)CSC3C(NC=O)C(=O)N23)cc1. The van der Waals surface area contributed by atoms with Crippen molar-refractivity contribution in [3.05, 3.63) is 77.6 Å². The molecule has 0 radical (unpaired) electrons. The van der Waals surface area contributed by atoms with Crippen molar-refractivity contribution in [3.63, 3.8) is 0 Å². The predicted molar refractivity (Wildman–Crippen MR) is 138 cm³/mol. The minimum Gasteiger partial charge on any atom is -0.497 e. The maximum absolute atomic E-state index is 13.3. The number of β-lactam (4-membered cyclic amide) rings is 1. The summed E-state index contributed by atoms with van der Waals surface area (Å²) in [5, 5.41) is 3.26. The summed E-state index contributed by atoms with van der Waals surface area (Å²) in [5.74, 6) is 0.884. The highest BCUT2D eigenvalue weighted by atomic mass is 32.2. The monoisotopic (exact) mass is 521 g/mol. The van der Waals surface area contributed by atoms with Gasteiger partial charge < -0.3 is 14.8 Å². The molecule has 10 heteroatoms. The average Bonchev–Trinajstić information content (AvgIpc) is 2.93. The molecule has 2 unspecified atom stereocenters. The van der Waals surface area contributed by atoms with Gasteiger partial charge in [-0.05, 0) is 35.4 Å². The van der Waals surface area contributed by atoms with Gasteiger partial charge in [-0.3, -0.25) is 19.5 Å². The summed E-state index contributed by atoms with van der Waals surface area (Å²) >= 11 is 3.10. The Kier molecular flexibility index (Phi) is 7.15. The van der Waals surface area contributed by atoms with E-state index in [1.807, 2.05) is 42.5 Å². The van der Waals surface area contributed by atoms with Crippen molar-refractivity contribution in [2.45, 2.75) is 22.9 Å². The second kappa shape index (κ2) is 10.6. The van der Waals surface area contributed by atoms with Crippen LogP contribution in [0.25, 0.3) is 10.9 Å².